The van der Waals surface area contributed by atoms with Gasteiger partial charge in [0.15, 0.2) is 0 Å². The van der Waals surface area contributed by atoms with Crippen LogP contribution in [-0.4, -0.2) is 12.5 Å². The van der Waals surface area contributed by atoms with E-state index in [4.69, 9.17) is 16.3 Å². The van der Waals surface area contributed by atoms with E-state index >= 15 is 0 Å². The molecule has 0 aliphatic rings. The second kappa shape index (κ2) is 7.85. The SMILES string of the molecule is Cc1ccc(OCCCC(=O)Nc2ccc(Cl)cc2)c(C)c1. The Morgan fingerprint density at radius 1 is 1.14 bits per heavy atom. The number of carbonyl (C=O) groups excluding carboxylic acids is 1. The number of aryl methyl sites for hydroxylation is 2. The molecule has 1 amide bonds. The van der Waals surface area contributed by atoms with Crippen LogP contribution in [0.25, 0.3) is 0 Å². The lowest BCUT2D eigenvalue weighted by molar-refractivity contribution is -0.116. The Kier molecular flexibility index (Phi) is 5.84. The highest BCUT2D eigenvalue weighted by molar-refractivity contribution is 6.30. The molecule has 0 aliphatic carbocycles. The molecule has 1 N–H and O–H groups in total. The molecule has 0 aliphatic heterocycles. The number of hydrogen-bond acceptors (Lipinski definition) is 2. The van der Waals surface area contributed by atoms with Crippen molar-refractivity contribution in [2.45, 2.75) is 26.7 Å². The first kappa shape index (κ1) is 16.4. The zero-order chi connectivity index (χ0) is 15.9. The number of benzene rings is 2. The third-order valence-corrected chi connectivity index (χ3v) is 3.52. The Labute approximate surface area is 136 Å². The van der Waals surface area contributed by atoms with Crippen LogP contribution in [-0.2, 0) is 4.79 Å². The molecule has 0 unspecified atom stereocenters. The van der Waals surface area contributed by atoms with Gasteiger partial charge in [0.25, 0.3) is 0 Å². The minimum Gasteiger partial charge on any atom is -0.493 e. The molecule has 2 aromatic rings. The fraction of sp³-hybridized carbons (Fsp3) is 0.278. The van der Waals surface area contributed by atoms with E-state index in [2.05, 4.69) is 18.3 Å². The smallest absolute Gasteiger partial charge is 0.224 e. The number of carbonyl (C=O) groups is 1. The molecule has 116 valence electrons. The second-order valence-electron chi connectivity index (χ2n) is 5.28. The molecule has 0 heterocycles. The summed E-state index contributed by atoms with van der Waals surface area (Å²) in [6.07, 6.45) is 1.10. The Bertz CT molecular complexity index is 638. The van der Waals surface area contributed by atoms with Gasteiger partial charge in [0, 0.05) is 17.1 Å². The highest BCUT2D eigenvalue weighted by Crippen LogP contribution is 2.19. The Hall–Kier alpha value is -2.00. The summed E-state index contributed by atoms with van der Waals surface area (Å²) in [5, 5.41) is 3.49. The third kappa shape index (κ3) is 5.08. The summed E-state index contributed by atoms with van der Waals surface area (Å²) in [5.41, 5.74) is 3.09. The fourth-order valence-corrected chi connectivity index (χ4v) is 2.26. The number of ether oxygens (including phenoxy) is 1. The van der Waals surface area contributed by atoms with Crippen molar-refractivity contribution in [3.05, 3.63) is 58.6 Å². The first-order chi connectivity index (χ1) is 10.5. The molecule has 0 fully saturated rings. The fourth-order valence-electron chi connectivity index (χ4n) is 2.13. The van der Waals surface area contributed by atoms with Gasteiger partial charge in [0.1, 0.15) is 5.75 Å². The molecule has 3 nitrogen and oxygen atoms in total. The highest BCUT2D eigenvalue weighted by Gasteiger charge is 2.04. The number of halogens is 1. The summed E-state index contributed by atoms with van der Waals surface area (Å²) in [6, 6.07) is 13.1. The van der Waals surface area contributed by atoms with Crippen molar-refractivity contribution in [1.29, 1.82) is 0 Å². The summed E-state index contributed by atoms with van der Waals surface area (Å²) >= 11 is 5.80. The maximum Gasteiger partial charge on any atom is 0.224 e. The van der Waals surface area contributed by atoms with Gasteiger partial charge in [0.05, 0.1) is 6.61 Å². The largest absolute Gasteiger partial charge is 0.493 e. The standard InChI is InChI=1S/C18H20ClNO2/c1-13-5-10-17(14(2)12-13)22-11-3-4-18(21)20-16-8-6-15(19)7-9-16/h5-10,12H,3-4,11H2,1-2H3,(H,20,21). The zero-order valence-electron chi connectivity index (χ0n) is 12.9. The lowest BCUT2D eigenvalue weighted by Crippen LogP contribution is -2.12. The maximum atomic E-state index is 11.8. The van der Waals surface area contributed by atoms with Crippen molar-refractivity contribution in [2.24, 2.45) is 0 Å². The molecule has 0 saturated heterocycles. The Balaban J connectivity index is 1.72. The van der Waals surface area contributed by atoms with Gasteiger partial charge in [-0.3, -0.25) is 4.79 Å². The van der Waals surface area contributed by atoms with Crippen LogP contribution in [0.3, 0.4) is 0 Å². The Morgan fingerprint density at radius 2 is 1.86 bits per heavy atom. The second-order valence-corrected chi connectivity index (χ2v) is 5.71. The van der Waals surface area contributed by atoms with Crippen LogP contribution in [0, 0.1) is 13.8 Å². The van der Waals surface area contributed by atoms with E-state index in [1.807, 2.05) is 19.1 Å². The van der Waals surface area contributed by atoms with Crippen molar-refractivity contribution in [2.75, 3.05) is 11.9 Å². The van der Waals surface area contributed by atoms with Crippen molar-refractivity contribution in [3.63, 3.8) is 0 Å². The van der Waals surface area contributed by atoms with Gasteiger partial charge >= 0.3 is 0 Å². The predicted octanol–water partition coefficient (Wildman–Crippen LogP) is 4.75. The van der Waals surface area contributed by atoms with Crippen LogP contribution in [0.1, 0.15) is 24.0 Å². The lowest BCUT2D eigenvalue weighted by atomic mass is 10.1. The van der Waals surface area contributed by atoms with Crippen LogP contribution in [0.15, 0.2) is 42.5 Å². The van der Waals surface area contributed by atoms with E-state index in [0.29, 0.717) is 24.5 Å². The van der Waals surface area contributed by atoms with Crippen LogP contribution >= 0.6 is 11.6 Å². The van der Waals surface area contributed by atoms with E-state index in [-0.39, 0.29) is 5.91 Å². The van der Waals surface area contributed by atoms with Gasteiger partial charge in [-0.25, -0.2) is 0 Å². The first-order valence-corrected chi connectivity index (χ1v) is 7.68. The van der Waals surface area contributed by atoms with Crippen LogP contribution in [0.5, 0.6) is 5.75 Å². The summed E-state index contributed by atoms with van der Waals surface area (Å²) in [5.74, 6) is 0.857. The zero-order valence-corrected chi connectivity index (χ0v) is 13.6. The van der Waals surface area contributed by atoms with E-state index in [0.717, 1.165) is 17.0 Å². The van der Waals surface area contributed by atoms with Gasteiger partial charge in [-0.2, -0.15) is 0 Å². The van der Waals surface area contributed by atoms with Gasteiger partial charge in [-0.1, -0.05) is 29.3 Å². The van der Waals surface area contributed by atoms with Gasteiger partial charge < -0.3 is 10.1 Å². The van der Waals surface area contributed by atoms with E-state index in [1.165, 1.54) is 5.56 Å². The minimum absolute atomic E-state index is 0.0217. The Morgan fingerprint density at radius 3 is 2.55 bits per heavy atom. The van der Waals surface area contributed by atoms with E-state index in [1.54, 1.807) is 24.3 Å². The molecule has 22 heavy (non-hydrogen) atoms. The minimum atomic E-state index is -0.0217. The molecule has 2 aromatic carbocycles. The molecule has 0 aromatic heterocycles. The molecule has 0 bridgehead atoms. The summed E-state index contributed by atoms with van der Waals surface area (Å²) in [6.45, 7) is 4.60. The molecule has 0 radical (unpaired) electrons. The van der Waals surface area contributed by atoms with E-state index in [9.17, 15) is 4.79 Å². The van der Waals surface area contributed by atoms with Crippen LogP contribution in [0.4, 0.5) is 5.69 Å². The topological polar surface area (TPSA) is 38.3 Å². The van der Waals surface area contributed by atoms with Crippen molar-refractivity contribution >= 4 is 23.2 Å². The monoisotopic (exact) mass is 317 g/mol. The van der Waals surface area contributed by atoms with Gasteiger partial charge in [0.2, 0.25) is 5.91 Å². The number of amides is 1. The molecule has 2 rings (SSSR count). The quantitative estimate of drug-likeness (QED) is 0.780. The summed E-state index contributed by atoms with van der Waals surface area (Å²) < 4.78 is 5.71. The van der Waals surface area contributed by atoms with Crippen LogP contribution < -0.4 is 10.1 Å². The predicted molar refractivity (Wildman–Crippen MR) is 90.7 cm³/mol. The molecule has 0 saturated carbocycles. The third-order valence-electron chi connectivity index (χ3n) is 3.26. The number of anilines is 1. The van der Waals surface area contributed by atoms with Crippen molar-refractivity contribution in [1.82, 2.24) is 0 Å². The number of rotatable bonds is 6. The molecule has 4 heteroatoms. The lowest BCUT2D eigenvalue weighted by Gasteiger charge is -2.10. The average molecular weight is 318 g/mol. The van der Waals surface area contributed by atoms with Gasteiger partial charge in [-0.05, 0) is 56.2 Å². The normalized spacial score (nSPS) is 10.3. The van der Waals surface area contributed by atoms with Crippen LogP contribution in [0.2, 0.25) is 5.02 Å². The molecule has 0 atom stereocenters. The first-order valence-electron chi connectivity index (χ1n) is 7.30. The molecule has 0 spiro atoms. The number of hydrogen-bond donors (Lipinski definition) is 1. The van der Waals surface area contributed by atoms with Crippen molar-refractivity contribution < 1.29 is 9.53 Å². The average Bonchev–Trinajstić information content (AvgIpc) is 2.48. The van der Waals surface area contributed by atoms with Gasteiger partial charge in [-0.15, -0.1) is 0 Å². The van der Waals surface area contributed by atoms with E-state index < -0.39 is 0 Å². The summed E-state index contributed by atoms with van der Waals surface area (Å²) in [7, 11) is 0. The molecular weight excluding hydrogens is 298 g/mol. The number of nitrogens with one attached hydrogen (secondary N) is 1. The highest BCUT2D eigenvalue weighted by atomic mass is 35.5. The molecular formula is C18H20ClNO2. The summed E-state index contributed by atoms with van der Waals surface area (Å²) in [4.78, 5) is 11.8. The van der Waals surface area contributed by atoms with Crippen molar-refractivity contribution in [3.8, 4) is 5.75 Å². The maximum absolute atomic E-state index is 11.8.